The van der Waals surface area contributed by atoms with E-state index in [0.29, 0.717) is 49.1 Å². The van der Waals surface area contributed by atoms with Gasteiger partial charge in [0.15, 0.2) is 0 Å². The fraction of sp³-hybridized carbons (Fsp3) is 0.467. The van der Waals surface area contributed by atoms with Crippen LogP contribution in [0, 0.1) is 5.82 Å². The van der Waals surface area contributed by atoms with Gasteiger partial charge in [0.2, 0.25) is 10.0 Å². The van der Waals surface area contributed by atoms with E-state index in [9.17, 15) is 30.8 Å². The Hall–Kier alpha value is -3.49. The highest BCUT2D eigenvalue weighted by Crippen LogP contribution is 2.37. The molecule has 4 N–H and O–H groups in total. The fourth-order valence-electron chi connectivity index (χ4n) is 5.86. The molecule has 2 aliphatic heterocycles. The van der Waals surface area contributed by atoms with E-state index in [2.05, 4.69) is 9.88 Å². The van der Waals surface area contributed by atoms with Crippen LogP contribution in [0.15, 0.2) is 36.5 Å². The molecular weight excluding hydrogens is 604 g/mol. The molecule has 1 amide bonds. The lowest BCUT2D eigenvalue weighted by Crippen LogP contribution is -2.38. The number of piperidine rings is 2. The molecule has 1 aromatic heterocycles. The number of carboxylic acids is 1. The van der Waals surface area contributed by atoms with Crippen molar-refractivity contribution in [3.05, 3.63) is 59.0 Å². The van der Waals surface area contributed by atoms with Gasteiger partial charge in [-0.05, 0) is 104 Å². The Morgan fingerprint density at radius 3 is 2.18 bits per heavy atom. The first-order valence-electron chi connectivity index (χ1n) is 14.4. The molecule has 0 radical (unpaired) electrons. The number of carbonyl (C=O) groups excluding carboxylic acids is 1. The summed E-state index contributed by atoms with van der Waals surface area (Å²) in [7, 11) is -3.21. The molecule has 3 heterocycles. The van der Waals surface area contributed by atoms with Gasteiger partial charge >= 0.3 is 12.1 Å². The maximum atomic E-state index is 14.7. The minimum atomic E-state index is -5.08. The number of sulfonamides is 1. The normalized spacial score (nSPS) is 17.3. The van der Waals surface area contributed by atoms with Gasteiger partial charge in [-0.3, -0.25) is 9.69 Å². The van der Waals surface area contributed by atoms with Crippen LogP contribution in [0.5, 0.6) is 0 Å². The number of likely N-dealkylation sites (tertiary alicyclic amines) is 1. The minimum absolute atomic E-state index is 0.101. The predicted octanol–water partition coefficient (Wildman–Crippen LogP) is 5.22. The lowest BCUT2D eigenvalue weighted by atomic mass is 9.88. The van der Waals surface area contributed by atoms with E-state index in [1.54, 1.807) is 23.4 Å². The average Bonchev–Trinajstić information content (AvgIpc) is 3.41. The second-order valence-corrected chi connectivity index (χ2v) is 13.4. The quantitative estimate of drug-likeness (QED) is 0.303. The number of primary amides is 1. The van der Waals surface area contributed by atoms with Crippen molar-refractivity contribution in [3.8, 4) is 11.1 Å². The number of nitrogens with zero attached hydrogens (tertiary/aromatic N) is 2. The van der Waals surface area contributed by atoms with Crippen LogP contribution >= 0.6 is 0 Å². The van der Waals surface area contributed by atoms with Crippen LogP contribution < -0.4 is 5.73 Å². The van der Waals surface area contributed by atoms with Gasteiger partial charge in [-0.2, -0.15) is 13.2 Å². The van der Waals surface area contributed by atoms with Gasteiger partial charge in [-0.15, -0.1) is 0 Å². The van der Waals surface area contributed by atoms with Crippen molar-refractivity contribution in [2.75, 3.05) is 31.9 Å². The number of H-pyrrole nitrogens is 1. The molecule has 5 rings (SSSR count). The van der Waals surface area contributed by atoms with Crippen LogP contribution in [0.2, 0.25) is 0 Å². The van der Waals surface area contributed by atoms with E-state index in [-0.39, 0.29) is 17.5 Å². The van der Waals surface area contributed by atoms with E-state index in [1.165, 1.54) is 25.3 Å². The number of nitrogens with two attached hydrogens (primary N) is 1. The minimum Gasteiger partial charge on any atom is -0.475 e. The molecule has 0 unspecified atom stereocenters. The van der Waals surface area contributed by atoms with Crippen LogP contribution in [-0.4, -0.2) is 77.7 Å². The van der Waals surface area contributed by atoms with Gasteiger partial charge < -0.3 is 15.8 Å². The third-order valence-electron chi connectivity index (χ3n) is 8.13. The maximum absolute atomic E-state index is 14.7. The molecule has 0 bridgehead atoms. The summed E-state index contributed by atoms with van der Waals surface area (Å²) < 4.78 is 72.6. The summed E-state index contributed by atoms with van der Waals surface area (Å²) in [6, 6.07) is 8.84. The van der Waals surface area contributed by atoms with Crippen molar-refractivity contribution in [3.63, 3.8) is 0 Å². The van der Waals surface area contributed by atoms with Gasteiger partial charge in [0.25, 0.3) is 5.91 Å². The van der Waals surface area contributed by atoms with Crippen molar-refractivity contribution in [1.82, 2.24) is 14.2 Å². The highest BCUT2D eigenvalue weighted by Gasteiger charge is 2.38. The molecule has 2 fully saturated rings. The van der Waals surface area contributed by atoms with Crippen LogP contribution in [-0.2, 0) is 21.4 Å². The summed E-state index contributed by atoms with van der Waals surface area (Å²) in [6.45, 7) is 5.35. The Balaban J connectivity index is 0.000000566. The number of benzene rings is 2. The van der Waals surface area contributed by atoms with Crippen molar-refractivity contribution < 1.29 is 40.7 Å². The van der Waals surface area contributed by atoms with Gasteiger partial charge in [-0.25, -0.2) is 21.9 Å². The van der Waals surface area contributed by atoms with E-state index >= 15 is 0 Å². The highest BCUT2D eigenvalue weighted by molar-refractivity contribution is 7.89. The van der Waals surface area contributed by atoms with Crippen molar-refractivity contribution in [2.24, 2.45) is 5.73 Å². The van der Waals surface area contributed by atoms with Crippen LogP contribution in [0.4, 0.5) is 17.6 Å². The Morgan fingerprint density at radius 1 is 1.00 bits per heavy atom. The number of hydrogen-bond acceptors (Lipinski definition) is 5. The maximum Gasteiger partial charge on any atom is 0.490 e. The second-order valence-electron chi connectivity index (χ2n) is 11.1. The summed E-state index contributed by atoms with van der Waals surface area (Å²) in [6.07, 6.45) is 1.79. The number of fused-ring (bicyclic) bond motifs is 1. The van der Waals surface area contributed by atoms with E-state index in [0.717, 1.165) is 35.2 Å². The first-order chi connectivity index (χ1) is 20.7. The number of rotatable bonds is 7. The smallest absolute Gasteiger partial charge is 0.475 e. The van der Waals surface area contributed by atoms with Crippen molar-refractivity contribution in [2.45, 2.75) is 57.7 Å². The Labute approximate surface area is 253 Å². The molecule has 44 heavy (non-hydrogen) atoms. The summed E-state index contributed by atoms with van der Waals surface area (Å²) in [5, 5.41) is 8.00. The molecule has 14 heteroatoms. The number of aromatic amines is 1. The van der Waals surface area contributed by atoms with Gasteiger partial charge in [0.1, 0.15) is 5.82 Å². The van der Waals surface area contributed by atoms with Gasteiger partial charge in [-0.1, -0.05) is 6.42 Å². The molecule has 240 valence electrons. The monoisotopic (exact) mass is 640 g/mol. The molecule has 0 atom stereocenters. The third kappa shape index (κ3) is 7.96. The zero-order valence-electron chi connectivity index (χ0n) is 24.3. The summed E-state index contributed by atoms with van der Waals surface area (Å²) in [5.41, 5.74) is 10.2. The lowest BCUT2D eigenvalue weighted by Gasteiger charge is -2.31. The molecule has 9 nitrogen and oxygen atoms in total. The molecule has 0 aliphatic carbocycles. The van der Waals surface area contributed by atoms with Crippen LogP contribution in [0.25, 0.3) is 22.0 Å². The van der Waals surface area contributed by atoms with Crippen LogP contribution in [0.3, 0.4) is 0 Å². The molecular formula is C30H36F4N4O5S. The fourth-order valence-corrected chi connectivity index (χ4v) is 7.00. The number of amides is 1. The number of nitrogens with one attached hydrogen (secondary N) is 1. The molecule has 2 aliphatic rings. The number of hydrogen-bond donors (Lipinski definition) is 3. The van der Waals surface area contributed by atoms with E-state index in [1.807, 2.05) is 18.3 Å². The standard InChI is InChI=1S/C28H35FN4O3S.C2HF3O2/c1-2-37(35,36)33-10-6-20(7-11-33)26-17-31-27-24(26)15-22(16-25(27)28(30)34)21-12-19(13-23(29)14-21)18-32-8-4-3-5-9-32;3-2(4,5)1(6)7/h12-17,20,31H,2-11,18H2,1H3,(H2,30,34);(H,6,7). The van der Waals surface area contributed by atoms with Crippen LogP contribution in [0.1, 0.15) is 66.4 Å². The third-order valence-corrected chi connectivity index (χ3v) is 10.0. The Kier molecular flexibility index (Phi) is 10.4. The van der Waals surface area contributed by atoms with Gasteiger partial charge in [0, 0.05) is 31.2 Å². The van der Waals surface area contributed by atoms with Crippen molar-refractivity contribution >= 4 is 32.8 Å². The number of alkyl halides is 3. The summed E-state index contributed by atoms with van der Waals surface area (Å²) in [5.74, 6) is -3.36. The number of carbonyl (C=O) groups is 2. The second kappa shape index (κ2) is 13.7. The Morgan fingerprint density at radius 2 is 1.61 bits per heavy atom. The predicted molar refractivity (Wildman–Crippen MR) is 158 cm³/mol. The molecule has 0 saturated carbocycles. The number of carboxylic acid groups (broad SMARTS) is 1. The SMILES string of the molecule is CCS(=O)(=O)N1CCC(c2c[nH]c3c(C(N)=O)cc(-c4cc(F)cc(CN5CCCCC5)c4)cc23)CC1.O=C(O)C(F)(F)F. The zero-order valence-corrected chi connectivity index (χ0v) is 25.1. The highest BCUT2D eigenvalue weighted by atomic mass is 32.2. The summed E-state index contributed by atoms with van der Waals surface area (Å²) >= 11 is 0. The molecule has 2 aromatic carbocycles. The topological polar surface area (TPSA) is 137 Å². The summed E-state index contributed by atoms with van der Waals surface area (Å²) in [4.78, 5) is 26.9. The van der Waals surface area contributed by atoms with E-state index < -0.39 is 28.1 Å². The van der Waals surface area contributed by atoms with E-state index in [4.69, 9.17) is 15.6 Å². The number of aliphatic carboxylic acids is 1. The Bertz CT molecular complexity index is 1610. The number of halogens is 4. The molecule has 0 spiro atoms. The molecule has 2 saturated heterocycles. The average molecular weight is 641 g/mol. The largest absolute Gasteiger partial charge is 0.490 e. The number of aromatic nitrogens is 1. The van der Waals surface area contributed by atoms with Gasteiger partial charge in [0.05, 0.1) is 16.8 Å². The van der Waals surface area contributed by atoms with Crippen molar-refractivity contribution in [1.29, 1.82) is 0 Å². The lowest BCUT2D eigenvalue weighted by molar-refractivity contribution is -0.192. The first kappa shape index (κ1) is 33.4. The first-order valence-corrected chi connectivity index (χ1v) is 16.1. The zero-order chi connectivity index (χ0) is 32.2. The molecule has 3 aromatic rings.